The molecule has 1 aromatic carbocycles. The maximum absolute atomic E-state index is 11.3. The fourth-order valence-electron chi connectivity index (χ4n) is 1.89. The van der Waals surface area contributed by atoms with Gasteiger partial charge in [-0.15, -0.1) is 0 Å². The minimum absolute atomic E-state index is 0.00373. The third-order valence-corrected chi connectivity index (χ3v) is 3.06. The second-order valence-corrected chi connectivity index (χ2v) is 4.58. The topological polar surface area (TPSA) is 93.9 Å². The van der Waals surface area contributed by atoms with Gasteiger partial charge in [-0.2, -0.15) is 0 Å². The molecule has 0 atom stereocenters. The van der Waals surface area contributed by atoms with Crippen molar-refractivity contribution in [3.05, 3.63) is 59.4 Å². The average Bonchev–Trinajstić information content (AvgIpc) is 2.49. The molecule has 0 bridgehead atoms. The molecular weight excluding hydrogens is 272 g/mol. The number of aromatic nitrogens is 1. The van der Waals surface area contributed by atoms with Gasteiger partial charge in [0.2, 0.25) is 0 Å². The number of carbonyl (C=O) groups is 1. The van der Waals surface area contributed by atoms with Crippen LogP contribution in [-0.4, -0.2) is 31.3 Å². The molecule has 21 heavy (non-hydrogen) atoms. The van der Waals surface area contributed by atoms with E-state index in [2.05, 4.69) is 4.98 Å². The zero-order valence-electron chi connectivity index (χ0n) is 11.3. The molecule has 6 nitrogen and oxygen atoms in total. The summed E-state index contributed by atoms with van der Waals surface area (Å²) in [5.41, 5.74) is 1.87. The average molecular weight is 288 g/mol. The van der Waals surface area contributed by atoms with Crippen LogP contribution < -0.4 is 0 Å². The summed E-state index contributed by atoms with van der Waals surface area (Å²) in [6, 6.07) is 10.1. The maximum Gasteiger partial charge on any atom is 0.407 e. The summed E-state index contributed by atoms with van der Waals surface area (Å²) in [5, 5.41) is 27.9. The predicted molar refractivity (Wildman–Crippen MR) is 75.5 cm³/mol. The number of benzene rings is 1. The lowest BCUT2D eigenvalue weighted by Gasteiger charge is -2.19. The van der Waals surface area contributed by atoms with E-state index < -0.39 is 6.09 Å². The minimum Gasteiger partial charge on any atom is -0.506 e. The number of hydrogen-bond acceptors (Lipinski definition) is 4. The van der Waals surface area contributed by atoms with Gasteiger partial charge in [0.1, 0.15) is 11.4 Å². The SMILES string of the molecule is O=C(O)N(Cc1ccc(CO)cc1)Cc1ncccc1O. The first-order chi connectivity index (χ1) is 10.1. The van der Waals surface area contributed by atoms with Crippen LogP contribution in [0.4, 0.5) is 4.79 Å². The van der Waals surface area contributed by atoms with Gasteiger partial charge in [-0.1, -0.05) is 24.3 Å². The van der Waals surface area contributed by atoms with E-state index in [0.717, 1.165) is 16.0 Å². The Morgan fingerprint density at radius 1 is 1.10 bits per heavy atom. The Bertz CT molecular complexity index is 613. The summed E-state index contributed by atoms with van der Waals surface area (Å²) in [7, 11) is 0. The summed E-state index contributed by atoms with van der Waals surface area (Å²) in [6.45, 7) is 0.131. The Balaban J connectivity index is 2.12. The van der Waals surface area contributed by atoms with Crippen molar-refractivity contribution in [2.75, 3.05) is 0 Å². The molecule has 0 radical (unpaired) electrons. The second-order valence-electron chi connectivity index (χ2n) is 4.58. The van der Waals surface area contributed by atoms with Crippen LogP contribution in [0.25, 0.3) is 0 Å². The van der Waals surface area contributed by atoms with E-state index in [1.165, 1.54) is 12.3 Å². The molecule has 2 aromatic rings. The van der Waals surface area contributed by atoms with Gasteiger partial charge in [0, 0.05) is 12.7 Å². The number of amides is 1. The molecule has 0 saturated carbocycles. The molecule has 0 saturated heterocycles. The molecule has 3 N–H and O–H groups in total. The Morgan fingerprint density at radius 3 is 2.33 bits per heavy atom. The molecule has 0 aliphatic carbocycles. The lowest BCUT2D eigenvalue weighted by Crippen LogP contribution is -2.28. The molecule has 2 rings (SSSR count). The molecule has 1 aromatic heterocycles. The third kappa shape index (κ3) is 3.93. The van der Waals surface area contributed by atoms with Crippen molar-refractivity contribution in [2.45, 2.75) is 19.7 Å². The van der Waals surface area contributed by atoms with Crippen molar-refractivity contribution in [2.24, 2.45) is 0 Å². The highest BCUT2D eigenvalue weighted by molar-refractivity contribution is 5.65. The number of pyridine rings is 1. The van der Waals surface area contributed by atoms with Gasteiger partial charge in [0.05, 0.1) is 13.2 Å². The first kappa shape index (κ1) is 14.8. The molecular formula is C15H16N2O4. The molecule has 6 heteroatoms. The van der Waals surface area contributed by atoms with Gasteiger partial charge in [-0.3, -0.25) is 9.88 Å². The number of nitrogens with zero attached hydrogens (tertiary/aromatic N) is 2. The first-order valence-electron chi connectivity index (χ1n) is 6.39. The summed E-state index contributed by atoms with van der Waals surface area (Å²) in [5.74, 6) is -0.0284. The second kappa shape index (κ2) is 6.71. The zero-order valence-corrected chi connectivity index (χ0v) is 11.3. The third-order valence-electron chi connectivity index (χ3n) is 3.06. The van der Waals surface area contributed by atoms with Gasteiger partial charge in [-0.05, 0) is 23.3 Å². The van der Waals surface area contributed by atoms with Crippen LogP contribution in [0.2, 0.25) is 0 Å². The normalized spacial score (nSPS) is 10.3. The van der Waals surface area contributed by atoms with Crippen LogP contribution >= 0.6 is 0 Å². The van der Waals surface area contributed by atoms with Gasteiger partial charge < -0.3 is 15.3 Å². The number of aliphatic hydroxyl groups excluding tert-OH is 1. The molecule has 1 heterocycles. The Hall–Kier alpha value is -2.60. The fraction of sp³-hybridized carbons (Fsp3) is 0.200. The lowest BCUT2D eigenvalue weighted by molar-refractivity contribution is 0.138. The van der Waals surface area contributed by atoms with Crippen molar-refractivity contribution in [1.82, 2.24) is 9.88 Å². The molecule has 1 amide bonds. The minimum atomic E-state index is -1.09. The number of carboxylic acid groups (broad SMARTS) is 1. The van der Waals surface area contributed by atoms with Crippen molar-refractivity contribution in [3.63, 3.8) is 0 Å². The van der Waals surface area contributed by atoms with E-state index in [9.17, 15) is 15.0 Å². The summed E-state index contributed by atoms with van der Waals surface area (Å²) < 4.78 is 0. The van der Waals surface area contributed by atoms with Crippen LogP contribution in [0.3, 0.4) is 0 Å². The van der Waals surface area contributed by atoms with Gasteiger partial charge in [-0.25, -0.2) is 4.79 Å². The molecule has 110 valence electrons. The highest BCUT2D eigenvalue weighted by Crippen LogP contribution is 2.17. The number of hydrogen-bond donors (Lipinski definition) is 3. The lowest BCUT2D eigenvalue weighted by atomic mass is 10.1. The van der Waals surface area contributed by atoms with Crippen LogP contribution in [0.1, 0.15) is 16.8 Å². The quantitative estimate of drug-likeness (QED) is 0.782. The zero-order chi connectivity index (χ0) is 15.2. The van der Waals surface area contributed by atoms with E-state index in [1.807, 2.05) is 0 Å². The smallest absolute Gasteiger partial charge is 0.407 e. The van der Waals surface area contributed by atoms with Gasteiger partial charge >= 0.3 is 6.09 Å². The molecule has 0 unspecified atom stereocenters. The van der Waals surface area contributed by atoms with Crippen molar-refractivity contribution < 1.29 is 20.1 Å². The monoisotopic (exact) mass is 288 g/mol. The van der Waals surface area contributed by atoms with Crippen LogP contribution in [0, 0.1) is 0 Å². The van der Waals surface area contributed by atoms with Crippen LogP contribution in [0.5, 0.6) is 5.75 Å². The molecule has 0 spiro atoms. The molecule has 0 aliphatic rings. The van der Waals surface area contributed by atoms with E-state index in [-0.39, 0.29) is 25.4 Å². The van der Waals surface area contributed by atoms with Crippen LogP contribution in [0.15, 0.2) is 42.6 Å². The Kier molecular flexibility index (Phi) is 4.73. The van der Waals surface area contributed by atoms with Crippen LogP contribution in [-0.2, 0) is 19.7 Å². The highest BCUT2D eigenvalue weighted by Gasteiger charge is 2.15. The number of rotatable bonds is 5. The van der Waals surface area contributed by atoms with Crippen molar-refractivity contribution >= 4 is 6.09 Å². The summed E-state index contributed by atoms with van der Waals surface area (Å²) in [4.78, 5) is 16.5. The van der Waals surface area contributed by atoms with Gasteiger partial charge in [0.25, 0.3) is 0 Å². The van der Waals surface area contributed by atoms with Crippen molar-refractivity contribution in [3.8, 4) is 5.75 Å². The van der Waals surface area contributed by atoms with E-state index in [4.69, 9.17) is 5.11 Å². The molecule has 0 fully saturated rings. The van der Waals surface area contributed by atoms with E-state index >= 15 is 0 Å². The number of aromatic hydroxyl groups is 1. The van der Waals surface area contributed by atoms with Crippen molar-refractivity contribution in [1.29, 1.82) is 0 Å². The fourth-order valence-corrected chi connectivity index (χ4v) is 1.89. The summed E-state index contributed by atoms with van der Waals surface area (Å²) in [6.07, 6.45) is 0.414. The predicted octanol–water partition coefficient (Wildman–Crippen LogP) is 1.96. The maximum atomic E-state index is 11.3. The first-order valence-corrected chi connectivity index (χ1v) is 6.39. The molecule has 0 aliphatic heterocycles. The van der Waals surface area contributed by atoms with Gasteiger partial charge in [0.15, 0.2) is 0 Å². The number of aliphatic hydroxyl groups is 1. The Labute approximate surface area is 121 Å². The standard InChI is InChI=1S/C15H16N2O4/c18-10-12-5-3-11(4-6-12)8-17(15(20)21)9-13-14(19)2-1-7-16-13/h1-7,18-19H,8-10H2,(H,20,21). The highest BCUT2D eigenvalue weighted by atomic mass is 16.4. The Morgan fingerprint density at radius 2 is 1.76 bits per heavy atom. The van der Waals surface area contributed by atoms with E-state index in [0.29, 0.717) is 5.69 Å². The summed E-state index contributed by atoms with van der Waals surface area (Å²) >= 11 is 0. The largest absolute Gasteiger partial charge is 0.506 e. The van der Waals surface area contributed by atoms with E-state index in [1.54, 1.807) is 30.3 Å².